The van der Waals surface area contributed by atoms with Crippen LogP contribution in [0.25, 0.3) is 0 Å². The third-order valence-electron chi connectivity index (χ3n) is 2.81. The number of carbonyl (C=O) groups is 1. The van der Waals surface area contributed by atoms with Crippen LogP contribution in [0.4, 0.5) is 0 Å². The van der Waals surface area contributed by atoms with Crippen LogP contribution in [0.1, 0.15) is 19.8 Å². The monoisotopic (exact) mass is 201 g/mol. The zero-order chi connectivity index (χ0) is 10.6. The molecule has 1 rings (SSSR count). The maximum absolute atomic E-state index is 10.9. The Labute approximate surface area is 84.2 Å². The molecule has 14 heavy (non-hydrogen) atoms. The SMILES string of the molecule is CC(O)C1CCN(CCC(=O)NN)C1. The van der Waals surface area contributed by atoms with Gasteiger partial charge in [-0.05, 0) is 25.8 Å². The molecule has 82 valence electrons. The molecular formula is C9H19N3O2. The lowest BCUT2D eigenvalue weighted by molar-refractivity contribution is -0.121. The van der Waals surface area contributed by atoms with Crippen molar-refractivity contribution in [2.24, 2.45) is 11.8 Å². The molecule has 1 fully saturated rings. The minimum Gasteiger partial charge on any atom is -0.393 e. The summed E-state index contributed by atoms with van der Waals surface area (Å²) in [5.74, 6) is 5.20. The van der Waals surface area contributed by atoms with Gasteiger partial charge in [-0.15, -0.1) is 0 Å². The van der Waals surface area contributed by atoms with Crippen molar-refractivity contribution < 1.29 is 9.90 Å². The van der Waals surface area contributed by atoms with Crippen molar-refractivity contribution in [2.75, 3.05) is 19.6 Å². The fraction of sp³-hybridized carbons (Fsp3) is 0.889. The number of aliphatic hydroxyl groups excluding tert-OH is 1. The summed E-state index contributed by atoms with van der Waals surface area (Å²) in [6, 6.07) is 0. The van der Waals surface area contributed by atoms with Crippen LogP contribution in [0.2, 0.25) is 0 Å². The Bertz CT molecular complexity index is 196. The van der Waals surface area contributed by atoms with E-state index in [0.717, 1.165) is 26.1 Å². The second kappa shape index (κ2) is 5.29. The van der Waals surface area contributed by atoms with Gasteiger partial charge in [-0.1, -0.05) is 0 Å². The van der Waals surface area contributed by atoms with Crippen molar-refractivity contribution in [1.29, 1.82) is 0 Å². The van der Waals surface area contributed by atoms with E-state index in [0.29, 0.717) is 12.3 Å². The lowest BCUT2D eigenvalue weighted by atomic mass is 10.0. The topological polar surface area (TPSA) is 78.6 Å². The van der Waals surface area contributed by atoms with Gasteiger partial charge in [0, 0.05) is 19.5 Å². The smallest absolute Gasteiger partial charge is 0.235 e. The van der Waals surface area contributed by atoms with E-state index >= 15 is 0 Å². The first-order valence-corrected chi connectivity index (χ1v) is 5.03. The van der Waals surface area contributed by atoms with E-state index in [1.54, 1.807) is 0 Å². The van der Waals surface area contributed by atoms with Crippen LogP contribution in [0.15, 0.2) is 0 Å². The molecule has 2 unspecified atom stereocenters. The van der Waals surface area contributed by atoms with Gasteiger partial charge in [0.1, 0.15) is 0 Å². The first kappa shape index (κ1) is 11.4. The van der Waals surface area contributed by atoms with Crippen LogP contribution in [-0.2, 0) is 4.79 Å². The molecule has 0 bridgehead atoms. The van der Waals surface area contributed by atoms with E-state index in [-0.39, 0.29) is 12.0 Å². The molecule has 0 aromatic carbocycles. The van der Waals surface area contributed by atoms with Crippen molar-refractivity contribution in [3.8, 4) is 0 Å². The Hall–Kier alpha value is -0.650. The van der Waals surface area contributed by atoms with E-state index in [1.165, 1.54) is 0 Å². The third kappa shape index (κ3) is 3.25. The van der Waals surface area contributed by atoms with E-state index in [4.69, 9.17) is 5.84 Å². The standard InChI is InChI=1S/C9H19N3O2/c1-7(13)8-2-4-12(6-8)5-3-9(14)11-10/h7-8,13H,2-6,10H2,1H3,(H,11,14). The number of hydrazine groups is 1. The van der Waals surface area contributed by atoms with Gasteiger partial charge in [-0.25, -0.2) is 5.84 Å². The van der Waals surface area contributed by atoms with Crippen LogP contribution < -0.4 is 11.3 Å². The predicted molar refractivity (Wildman–Crippen MR) is 53.2 cm³/mol. The Morgan fingerprint density at radius 1 is 1.79 bits per heavy atom. The summed E-state index contributed by atoms with van der Waals surface area (Å²) >= 11 is 0. The molecule has 0 aromatic heterocycles. The van der Waals surface area contributed by atoms with Crippen LogP contribution >= 0.6 is 0 Å². The van der Waals surface area contributed by atoms with Crippen LogP contribution in [0, 0.1) is 5.92 Å². The van der Waals surface area contributed by atoms with Crippen molar-refractivity contribution in [2.45, 2.75) is 25.9 Å². The highest BCUT2D eigenvalue weighted by Gasteiger charge is 2.25. The Kier molecular flexibility index (Phi) is 4.31. The van der Waals surface area contributed by atoms with Crippen LogP contribution in [0.5, 0.6) is 0 Å². The van der Waals surface area contributed by atoms with Crippen molar-refractivity contribution in [3.05, 3.63) is 0 Å². The number of nitrogens with two attached hydrogens (primary N) is 1. The van der Waals surface area contributed by atoms with Crippen molar-refractivity contribution in [3.63, 3.8) is 0 Å². The van der Waals surface area contributed by atoms with E-state index in [1.807, 2.05) is 6.92 Å². The van der Waals surface area contributed by atoms with Crippen molar-refractivity contribution in [1.82, 2.24) is 10.3 Å². The zero-order valence-corrected chi connectivity index (χ0v) is 8.57. The first-order valence-electron chi connectivity index (χ1n) is 5.03. The normalized spacial score (nSPS) is 24.9. The van der Waals surface area contributed by atoms with Gasteiger partial charge in [0.05, 0.1) is 6.10 Å². The van der Waals surface area contributed by atoms with E-state index in [2.05, 4.69) is 10.3 Å². The lowest BCUT2D eigenvalue weighted by Crippen LogP contribution is -2.34. The zero-order valence-electron chi connectivity index (χ0n) is 8.57. The number of aliphatic hydroxyl groups is 1. The van der Waals surface area contributed by atoms with Crippen LogP contribution in [-0.4, -0.2) is 41.7 Å². The summed E-state index contributed by atoms with van der Waals surface area (Å²) in [5, 5.41) is 9.37. The predicted octanol–water partition coefficient (Wildman–Crippen LogP) is -0.931. The molecule has 1 amide bonds. The summed E-state index contributed by atoms with van der Waals surface area (Å²) in [5.41, 5.74) is 2.11. The molecule has 1 saturated heterocycles. The number of hydrogen-bond donors (Lipinski definition) is 3. The van der Waals surface area contributed by atoms with Gasteiger partial charge in [0.2, 0.25) is 5.91 Å². The molecule has 5 heteroatoms. The van der Waals surface area contributed by atoms with Gasteiger partial charge >= 0.3 is 0 Å². The Balaban J connectivity index is 2.19. The molecular weight excluding hydrogens is 182 g/mol. The Morgan fingerprint density at radius 2 is 2.50 bits per heavy atom. The minimum atomic E-state index is -0.247. The lowest BCUT2D eigenvalue weighted by Gasteiger charge is -2.16. The largest absolute Gasteiger partial charge is 0.393 e. The second-order valence-corrected chi connectivity index (χ2v) is 3.91. The first-order chi connectivity index (χ1) is 6.63. The number of rotatable bonds is 4. The van der Waals surface area contributed by atoms with Crippen LogP contribution in [0.3, 0.4) is 0 Å². The molecule has 1 aliphatic heterocycles. The molecule has 2 atom stereocenters. The summed E-state index contributed by atoms with van der Waals surface area (Å²) in [4.78, 5) is 13.1. The summed E-state index contributed by atoms with van der Waals surface area (Å²) in [7, 11) is 0. The van der Waals surface area contributed by atoms with Crippen molar-refractivity contribution >= 4 is 5.91 Å². The maximum atomic E-state index is 10.9. The minimum absolute atomic E-state index is 0.134. The summed E-state index contributed by atoms with van der Waals surface area (Å²) < 4.78 is 0. The number of likely N-dealkylation sites (tertiary alicyclic amines) is 1. The Morgan fingerprint density at radius 3 is 3.00 bits per heavy atom. The average Bonchev–Trinajstić information content (AvgIpc) is 2.62. The number of hydrogen-bond acceptors (Lipinski definition) is 4. The molecule has 0 radical (unpaired) electrons. The van der Waals surface area contributed by atoms with Gasteiger partial charge in [-0.3, -0.25) is 10.2 Å². The molecule has 0 aromatic rings. The second-order valence-electron chi connectivity index (χ2n) is 3.91. The maximum Gasteiger partial charge on any atom is 0.235 e. The average molecular weight is 201 g/mol. The molecule has 5 nitrogen and oxygen atoms in total. The van der Waals surface area contributed by atoms with Gasteiger partial charge in [0.25, 0.3) is 0 Å². The number of nitrogens with one attached hydrogen (secondary N) is 1. The fourth-order valence-electron chi connectivity index (χ4n) is 1.79. The molecule has 4 N–H and O–H groups in total. The molecule has 0 aliphatic carbocycles. The number of carbonyl (C=O) groups excluding carboxylic acids is 1. The molecule has 1 aliphatic rings. The fourth-order valence-corrected chi connectivity index (χ4v) is 1.79. The molecule has 1 heterocycles. The number of amides is 1. The van der Waals surface area contributed by atoms with E-state index in [9.17, 15) is 9.90 Å². The molecule has 0 saturated carbocycles. The highest BCUT2D eigenvalue weighted by atomic mass is 16.3. The van der Waals surface area contributed by atoms with Gasteiger partial charge in [0.15, 0.2) is 0 Å². The quantitative estimate of drug-likeness (QED) is 0.312. The van der Waals surface area contributed by atoms with E-state index < -0.39 is 0 Å². The summed E-state index contributed by atoms with van der Waals surface area (Å²) in [6.45, 7) is 4.40. The number of nitrogens with zero attached hydrogens (tertiary/aromatic N) is 1. The summed E-state index contributed by atoms with van der Waals surface area (Å²) in [6.07, 6.45) is 1.20. The van der Waals surface area contributed by atoms with Gasteiger partial charge in [-0.2, -0.15) is 0 Å². The molecule has 0 spiro atoms. The highest BCUT2D eigenvalue weighted by molar-refractivity contribution is 5.75. The third-order valence-corrected chi connectivity index (χ3v) is 2.81. The van der Waals surface area contributed by atoms with Gasteiger partial charge < -0.3 is 10.0 Å². The highest BCUT2D eigenvalue weighted by Crippen LogP contribution is 2.19.